The van der Waals surface area contributed by atoms with Crippen LogP contribution in [-0.4, -0.2) is 92.5 Å². The summed E-state index contributed by atoms with van der Waals surface area (Å²) < 4.78 is 10.2. The van der Waals surface area contributed by atoms with Gasteiger partial charge in [0.15, 0.2) is 0 Å². The Balaban J connectivity index is 1.96. The fraction of sp³-hybridized carbons (Fsp3) is 0.786. The molecule has 2 aliphatic rings. The zero-order valence-corrected chi connectivity index (χ0v) is 26.7. The predicted octanol–water partition coefficient (Wildman–Crippen LogP) is 5.37. The van der Waals surface area contributed by atoms with Crippen molar-refractivity contribution in [2.45, 2.75) is 74.8 Å². The zero-order chi connectivity index (χ0) is 27.7. The first-order valence-corrected chi connectivity index (χ1v) is 17.7. The third-order valence-electron chi connectivity index (χ3n) is 6.28. The standard InChI is InChI=1S/C28H44N2O4S4/c1-5-29(6-2)19-13-9-11-17-27(35-21-15-22-36-27)33-25(31)26(32)34-28(37-23-16-24-38-28)18-12-10-14-20-30(7-3)8-4/h5-8,11-12,15-24H2,1-4H3. The van der Waals surface area contributed by atoms with E-state index < -0.39 is 20.5 Å². The number of thioether (sulfide) groups is 4. The summed E-state index contributed by atoms with van der Waals surface area (Å²) in [5.74, 6) is 14.7. The minimum atomic E-state index is -0.901. The molecule has 0 atom stereocenters. The number of carbonyl (C=O) groups is 2. The van der Waals surface area contributed by atoms with E-state index in [0.29, 0.717) is 25.7 Å². The molecule has 2 fully saturated rings. The fourth-order valence-corrected chi connectivity index (χ4v) is 9.78. The second-order valence-corrected chi connectivity index (χ2v) is 14.8. The van der Waals surface area contributed by atoms with Gasteiger partial charge in [-0.2, -0.15) is 0 Å². The van der Waals surface area contributed by atoms with Gasteiger partial charge in [-0.1, -0.05) is 39.5 Å². The van der Waals surface area contributed by atoms with E-state index in [1.54, 1.807) is 47.0 Å². The summed E-state index contributed by atoms with van der Waals surface area (Å²) in [5.41, 5.74) is 0. The molecule has 2 saturated heterocycles. The maximum Gasteiger partial charge on any atom is 0.419 e. The van der Waals surface area contributed by atoms with Crippen LogP contribution in [-0.2, 0) is 19.1 Å². The minimum absolute atomic E-state index is 0.587. The average molecular weight is 601 g/mol. The summed E-state index contributed by atoms with van der Waals surface area (Å²) in [6.07, 6.45) is 4.51. The second-order valence-electron chi connectivity index (χ2n) is 8.88. The Hall–Kier alpha value is -0.620. The molecule has 0 aliphatic carbocycles. The van der Waals surface area contributed by atoms with E-state index >= 15 is 0 Å². The van der Waals surface area contributed by atoms with Gasteiger partial charge in [0.05, 0.1) is 13.1 Å². The zero-order valence-electron chi connectivity index (χ0n) is 23.5. The quantitative estimate of drug-likeness (QED) is 0.166. The number of carbonyl (C=O) groups excluding carboxylic acids is 2. The summed E-state index contributed by atoms with van der Waals surface area (Å²) in [5, 5.41) is 0. The first-order valence-electron chi connectivity index (χ1n) is 13.8. The summed E-state index contributed by atoms with van der Waals surface area (Å²) in [7, 11) is 0. The van der Waals surface area contributed by atoms with Gasteiger partial charge in [0.1, 0.15) is 0 Å². The van der Waals surface area contributed by atoms with Gasteiger partial charge in [0.25, 0.3) is 0 Å². The molecule has 0 N–H and O–H groups in total. The number of rotatable bonds is 12. The van der Waals surface area contributed by atoms with Crippen molar-refractivity contribution < 1.29 is 19.1 Å². The van der Waals surface area contributed by atoms with Crippen LogP contribution < -0.4 is 0 Å². The van der Waals surface area contributed by atoms with Crippen molar-refractivity contribution in [1.29, 1.82) is 0 Å². The molecule has 0 saturated carbocycles. The van der Waals surface area contributed by atoms with Crippen molar-refractivity contribution in [3.63, 3.8) is 0 Å². The van der Waals surface area contributed by atoms with Gasteiger partial charge in [0.2, 0.25) is 8.53 Å². The Kier molecular flexibility index (Phi) is 16.5. The van der Waals surface area contributed by atoms with Crippen LogP contribution >= 0.6 is 47.0 Å². The number of nitrogens with zero attached hydrogens (tertiary/aromatic N) is 2. The lowest BCUT2D eigenvalue weighted by atomic mass is 10.3. The first kappa shape index (κ1) is 33.6. The van der Waals surface area contributed by atoms with Gasteiger partial charge in [-0.15, -0.1) is 58.9 Å². The van der Waals surface area contributed by atoms with Crippen LogP contribution in [0.3, 0.4) is 0 Å². The van der Waals surface area contributed by atoms with Crippen LogP contribution in [0.1, 0.15) is 66.2 Å². The molecule has 0 unspecified atom stereocenters. The van der Waals surface area contributed by atoms with Crippen molar-refractivity contribution in [2.24, 2.45) is 0 Å². The number of hydrogen-bond acceptors (Lipinski definition) is 10. The largest absolute Gasteiger partial charge is 0.430 e. The molecule has 6 nitrogen and oxygen atoms in total. The monoisotopic (exact) mass is 600 g/mol. The normalized spacial score (nSPS) is 18.2. The van der Waals surface area contributed by atoms with E-state index in [4.69, 9.17) is 9.47 Å². The highest BCUT2D eigenvalue weighted by Gasteiger charge is 2.43. The van der Waals surface area contributed by atoms with Gasteiger partial charge in [-0.3, -0.25) is 9.80 Å². The minimum Gasteiger partial charge on any atom is -0.430 e. The highest BCUT2D eigenvalue weighted by Crippen LogP contribution is 2.48. The molecule has 10 heteroatoms. The smallest absolute Gasteiger partial charge is 0.419 e. The van der Waals surface area contributed by atoms with Gasteiger partial charge >= 0.3 is 11.9 Å². The Labute approximate surface area is 247 Å². The maximum atomic E-state index is 13.0. The Morgan fingerprint density at radius 2 is 0.974 bits per heavy atom. The van der Waals surface area contributed by atoms with Crippen molar-refractivity contribution in [1.82, 2.24) is 9.80 Å². The average Bonchev–Trinajstić information content (AvgIpc) is 2.93. The Morgan fingerprint density at radius 3 is 1.29 bits per heavy atom. The predicted molar refractivity (Wildman–Crippen MR) is 166 cm³/mol. The lowest BCUT2D eigenvalue weighted by Crippen LogP contribution is -2.39. The topological polar surface area (TPSA) is 59.1 Å². The molecule has 0 aromatic heterocycles. The third-order valence-corrected chi connectivity index (χ3v) is 12.6. The van der Waals surface area contributed by atoms with Gasteiger partial charge in [0, 0.05) is 25.7 Å². The van der Waals surface area contributed by atoms with Crippen LogP contribution in [0.15, 0.2) is 0 Å². The van der Waals surface area contributed by atoms with Crippen LogP contribution in [0.25, 0.3) is 0 Å². The van der Waals surface area contributed by atoms with Crippen LogP contribution in [0.2, 0.25) is 0 Å². The Bertz CT molecular complexity index is 774. The van der Waals surface area contributed by atoms with Gasteiger partial charge < -0.3 is 9.47 Å². The lowest BCUT2D eigenvalue weighted by molar-refractivity contribution is -0.171. The van der Waals surface area contributed by atoms with E-state index in [1.165, 1.54) is 0 Å². The molecule has 2 rings (SSSR count). The van der Waals surface area contributed by atoms with Crippen molar-refractivity contribution in [3.8, 4) is 23.7 Å². The van der Waals surface area contributed by atoms with Gasteiger partial charge in [-0.05, 0) is 62.0 Å². The number of hydrogen-bond donors (Lipinski definition) is 0. The molecule has 214 valence electrons. The Morgan fingerprint density at radius 1 is 0.632 bits per heavy atom. The first-order chi connectivity index (χ1) is 18.4. The van der Waals surface area contributed by atoms with Crippen LogP contribution in [0.5, 0.6) is 0 Å². The second kappa shape index (κ2) is 18.7. The molecule has 0 amide bonds. The summed E-state index contributed by atoms with van der Waals surface area (Å²) in [6.45, 7) is 13.9. The van der Waals surface area contributed by atoms with E-state index in [0.717, 1.165) is 75.1 Å². The van der Waals surface area contributed by atoms with Crippen LogP contribution in [0, 0.1) is 23.7 Å². The fourth-order valence-electron chi connectivity index (χ4n) is 3.82. The lowest BCUT2D eigenvalue weighted by Gasteiger charge is -2.36. The van der Waals surface area contributed by atoms with Crippen molar-refractivity contribution in [3.05, 3.63) is 0 Å². The van der Waals surface area contributed by atoms with E-state index in [9.17, 15) is 9.59 Å². The molecule has 2 aliphatic heterocycles. The van der Waals surface area contributed by atoms with E-state index in [-0.39, 0.29) is 0 Å². The molecule has 0 aromatic carbocycles. The highest BCUT2D eigenvalue weighted by atomic mass is 32.2. The van der Waals surface area contributed by atoms with Gasteiger partial charge in [-0.25, -0.2) is 9.59 Å². The molecule has 2 heterocycles. The maximum absolute atomic E-state index is 13.0. The third kappa shape index (κ3) is 11.9. The summed E-state index contributed by atoms with van der Waals surface area (Å²) >= 11 is 6.41. The highest BCUT2D eigenvalue weighted by molar-refractivity contribution is 8.19. The number of esters is 2. The van der Waals surface area contributed by atoms with E-state index in [1.807, 2.05) is 0 Å². The molecule has 38 heavy (non-hydrogen) atoms. The summed E-state index contributed by atoms with van der Waals surface area (Å²) in [4.78, 5) is 30.5. The molecule has 0 aromatic rings. The molecule has 0 spiro atoms. The molecular formula is C28H44N2O4S4. The SMILES string of the molecule is CCN(CC)CC#CCCC1(OC(=O)C(=O)OC2(CCC#CCN(CC)CC)SCCCS2)SCCCS1. The van der Waals surface area contributed by atoms with Crippen LogP contribution in [0.4, 0.5) is 0 Å². The molecule has 0 bridgehead atoms. The van der Waals surface area contributed by atoms with Crippen molar-refractivity contribution in [2.75, 3.05) is 62.3 Å². The molecular weight excluding hydrogens is 557 g/mol. The van der Waals surface area contributed by atoms with Crippen molar-refractivity contribution >= 4 is 59.0 Å². The number of ether oxygens (including phenoxy) is 2. The molecule has 0 radical (unpaired) electrons. The summed E-state index contributed by atoms with van der Waals surface area (Å²) in [6, 6.07) is 0. The van der Waals surface area contributed by atoms with E-state index in [2.05, 4.69) is 61.2 Å².